The summed E-state index contributed by atoms with van der Waals surface area (Å²) < 4.78 is 17.0. The molecule has 0 fully saturated rings. The number of aliphatic hydroxyl groups is 1. The van der Waals surface area contributed by atoms with Gasteiger partial charge in [-0.1, -0.05) is 12.1 Å². The number of amides is 1. The van der Waals surface area contributed by atoms with Crippen LogP contribution in [0.1, 0.15) is 42.8 Å². The third-order valence-corrected chi connectivity index (χ3v) is 4.42. The summed E-state index contributed by atoms with van der Waals surface area (Å²) in [5.41, 5.74) is 2.15. The first-order chi connectivity index (χ1) is 14.4. The molecule has 30 heavy (non-hydrogen) atoms. The smallest absolute Gasteiger partial charge is 0.251 e. The van der Waals surface area contributed by atoms with E-state index in [1.54, 1.807) is 12.1 Å². The molecule has 0 heterocycles. The Morgan fingerprint density at radius 2 is 1.50 bits per heavy atom. The number of carbonyl (C=O) groups excluding carboxylic acids is 1. The Morgan fingerprint density at radius 3 is 1.97 bits per heavy atom. The highest BCUT2D eigenvalue weighted by atomic mass is 16.5. The van der Waals surface area contributed by atoms with Crippen LogP contribution in [-0.4, -0.2) is 51.5 Å². The molecule has 7 heteroatoms. The summed E-state index contributed by atoms with van der Waals surface area (Å²) in [7, 11) is 3.91. The lowest BCUT2D eigenvalue weighted by Gasteiger charge is -2.18. The van der Waals surface area contributed by atoms with E-state index in [9.17, 15) is 9.90 Å². The van der Waals surface area contributed by atoms with Gasteiger partial charge in [-0.3, -0.25) is 4.79 Å². The third-order valence-electron chi connectivity index (χ3n) is 4.42. The van der Waals surface area contributed by atoms with E-state index in [1.165, 1.54) is 0 Å². The zero-order chi connectivity index (χ0) is 22.1. The van der Waals surface area contributed by atoms with Gasteiger partial charge in [-0.25, -0.2) is 0 Å². The van der Waals surface area contributed by atoms with Crippen LogP contribution in [0.4, 0.5) is 5.69 Å². The predicted octanol–water partition coefficient (Wildman–Crippen LogP) is 3.41. The minimum atomic E-state index is -0.814. The molecule has 1 atom stereocenters. The average Bonchev–Trinajstić information content (AvgIpc) is 2.74. The highest BCUT2D eigenvalue weighted by molar-refractivity contribution is 5.95. The Kier molecular flexibility index (Phi) is 8.80. The van der Waals surface area contributed by atoms with Crippen molar-refractivity contribution < 1.29 is 24.1 Å². The molecule has 2 rings (SSSR count). The molecule has 0 radical (unpaired) electrons. The van der Waals surface area contributed by atoms with Crippen LogP contribution in [0.15, 0.2) is 36.4 Å². The van der Waals surface area contributed by atoms with Gasteiger partial charge in [0.2, 0.25) is 5.75 Å². The van der Waals surface area contributed by atoms with Crippen LogP contribution in [0.5, 0.6) is 17.2 Å². The van der Waals surface area contributed by atoms with E-state index in [1.807, 2.05) is 64.0 Å². The zero-order valence-corrected chi connectivity index (χ0v) is 18.4. The van der Waals surface area contributed by atoms with E-state index < -0.39 is 6.10 Å². The minimum Gasteiger partial charge on any atom is -0.490 e. The molecule has 0 bridgehead atoms. The second-order valence-electron chi connectivity index (χ2n) is 6.81. The van der Waals surface area contributed by atoms with Crippen LogP contribution < -0.4 is 24.4 Å². The lowest BCUT2D eigenvalue weighted by atomic mass is 10.1. The molecule has 2 N–H and O–H groups in total. The Balaban J connectivity index is 2.14. The van der Waals surface area contributed by atoms with Crippen molar-refractivity contribution in [3.05, 3.63) is 47.5 Å². The van der Waals surface area contributed by atoms with Gasteiger partial charge in [0.15, 0.2) is 11.5 Å². The number of rotatable bonds is 11. The fourth-order valence-electron chi connectivity index (χ4n) is 2.92. The van der Waals surface area contributed by atoms with E-state index in [2.05, 4.69) is 5.32 Å². The molecule has 0 saturated heterocycles. The predicted molar refractivity (Wildman–Crippen MR) is 118 cm³/mol. The van der Waals surface area contributed by atoms with Crippen molar-refractivity contribution in [1.82, 2.24) is 5.32 Å². The highest BCUT2D eigenvalue weighted by Gasteiger charge is 2.19. The normalized spacial score (nSPS) is 11.5. The van der Waals surface area contributed by atoms with Crippen molar-refractivity contribution in [2.45, 2.75) is 26.9 Å². The number of nitrogens with one attached hydrogen (secondary N) is 1. The quantitative estimate of drug-likeness (QED) is 0.584. The van der Waals surface area contributed by atoms with Crippen molar-refractivity contribution in [3.8, 4) is 17.2 Å². The number of hydrogen-bond donors (Lipinski definition) is 2. The zero-order valence-electron chi connectivity index (χ0n) is 18.4. The average molecular weight is 417 g/mol. The fourth-order valence-corrected chi connectivity index (χ4v) is 2.92. The number of nitrogens with zero attached hydrogens (tertiary/aromatic N) is 1. The van der Waals surface area contributed by atoms with Crippen LogP contribution in [0, 0.1) is 0 Å². The Labute approximate surface area is 178 Å². The fraction of sp³-hybridized carbons (Fsp3) is 0.435. The maximum absolute atomic E-state index is 12.7. The summed E-state index contributed by atoms with van der Waals surface area (Å²) in [4.78, 5) is 14.7. The van der Waals surface area contributed by atoms with Gasteiger partial charge in [0.05, 0.1) is 25.9 Å². The molecule has 0 aromatic heterocycles. The van der Waals surface area contributed by atoms with Gasteiger partial charge in [0.1, 0.15) is 0 Å². The Bertz CT molecular complexity index is 794. The van der Waals surface area contributed by atoms with Crippen LogP contribution in [0.3, 0.4) is 0 Å². The molecule has 2 aromatic carbocycles. The lowest BCUT2D eigenvalue weighted by Crippen LogP contribution is -2.28. The number of benzene rings is 2. The van der Waals surface area contributed by atoms with Crippen LogP contribution in [0.2, 0.25) is 0 Å². The van der Waals surface area contributed by atoms with Crippen molar-refractivity contribution in [2.75, 3.05) is 45.4 Å². The minimum absolute atomic E-state index is 0.0846. The SMILES string of the molecule is CCOc1cc(C(=O)NCC(O)c2ccc(N(C)C)cc2)cc(OCC)c1OCC. The van der Waals surface area contributed by atoms with E-state index in [-0.39, 0.29) is 12.5 Å². The molecule has 1 amide bonds. The van der Waals surface area contributed by atoms with Gasteiger partial charge >= 0.3 is 0 Å². The van der Waals surface area contributed by atoms with E-state index in [0.29, 0.717) is 42.6 Å². The summed E-state index contributed by atoms with van der Waals surface area (Å²) in [6.45, 7) is 6.99. The molecular weight excluding hydrogens is 384 g/mol. The second-order valence-corrected chi connectivity index (χ2v) is 6.81. The third kappa shape index (κ3) is 6.03. The van der Waals surface area contributed by atoms with Crippen molar-refractivity contribution in [3.63, 3.8) is 0 Å². The first kappa shape index (κ1) is 23.3. The Morgan fingerprint density at radius 1 is 0.967 bits per heavy atom. The van der Waals surface area contributed by atoms with Crippen molar-refractivity contribution >= 4 is 11.6 Å². The molecule has 0 aliphatic rings. The van der Waals surface area contributed by atoms with E-state index >= 15 is 0 Å². The van der Waals surface area contributed by atoms with Crippen LogP contribution in [-0.2, 0) is 0 Å². The van der Waals surface area contributed by atoms with Gasteiger partial charge < -0.3 is 29.5 Å². The summed E-state index contributed by atoms with van der Waals surface area (Å²) in [6, 6.07) is 10.8. The molecule has 1 unspecified atom stereocenters. The first-order valence-corrected chi connectivity index (χ1v) is 10.2. The first-order valence-electron chi connectivity index (χ1n) is 10.2. The van der Waals surface area contributed by atoms with Crippen LogP contribution in [0.25, 0.3) is 0 Å². The molecule has 0 saturated carbocycles. The van der Waals surface area contributed by atoms with Gasteiger partial charge in [-0.2, -0.15) is 0 Å². The second kappa shape index (κ2) is 11.3. The van der Waals surface area contributed by atoms with Crippen molar-refractivity contribution in [1.29, 1.82) is 0 Å². The molecule has 0 aliphatic carbocycles. The van der Waals surface area contributed by atoms with E-state index in [0.717, 1.165) is 11.3 Å². The maximum Gasteiger partial charge on any atom is 0.251 e. The number of carbonyl (C=O) groups is 1. The monoisotopic (exact) mass is 416 g/mol. The largest absolute Gasteiger partial charge is 0.490 e. The number of ether oxygens (including phenoxy) is 3. The lowest BCUT2D eigenvalue weighted by molar-refractivity contribution is 0.0915. The molecule has 0 spiro atoms. The Hall–Kier alpha value is -2.93. The summed E-state index contributed by atoms with van der Waals surface area (Å²) in [6.07, 6.45) is -0.814. The molecule has 0 aliphatic heterocycles. The van der Waals surface area contributed by atoms with E-state index in [4.69, 9.17) is 14.2 Å². The number of aliphatic hydroxyl groups excluding tert-OH is 1. The summed E-state index contributed by atoms with van der Waals surface area (Å²) in [5.74, 6) is 1.06. The van der Waals surface area contributed by atoms with Gasteiger partial charge in [-0.05, 0) is 50.6 Å². The van der Waals surface area contributed by atoms with Gasteiger partial charge in [0.25, 0.3) is 5.91 Å². The van der Waals surface area contributed by atoms with Gasteiger partial charge in [0, 0.05) is 31.9 Å². The maximum atomic E-state index is 12.7. The number of anilines is 1. The summed E-state index contributed by atoms with van der Waals surface area (Å²) in [5, 5.41) is 13.2. The highest BCUT2D eigenvalue weighted by Crippen LogP contribution is 2.39. The van der Waals surface area contributed by atoms with Crippen molar-refractivity contribution in [2.24, 2.45) is 0 Å². The molecule has 164 valence electrons. The molecule has 2 aromatic rings. The molecular formula is C23H32N2O5. The summed E-state index contributed by atoms with van der Waals surface area (Å²) >= 11 is 0. The molecule has 7 nitrogen and oxygen atoms in total. The van der Waals surface area contributed by atoms with Crippen LogP contribution >= 0.6 is 0 Å². The standard InChI is InChI=1S/C23H32N2O5/c1-6-28-20-13-17(14-21(29-7-2)22(20)30-8-3)23(27)24-15-19(26)16-9-11-18(12-10-16)25(4)5/h9-14,19,26H,6-8,15H2,1-5H3,(H,24,27). The number of hydrogen-bond acceptors (Lipinski definition) is 6. The van der Waals surface area contributed by atoms with Gasteiger partial charge in [-0.15, -0.1) is 0 Å². The topological polar surface area (TPSA) is 80.3 Å².